The van der Waals surface area contributed by atoms with Crippen LogP contribution in [0.3, 0.4) is 0 Å². The molecule has 1 N–H and O–H groups in total. The smallest absolute Gasteiger partial charge is 0.336 e. The minimum atomic E-state index is -1.04. The van der Waals surface area contributed by atoms with Gasteiger partial charge in [-0.15, -0.1) is 0 Å². The van der Waals surface area contributed by atoms with Crippen LogP contribution in [0, 0.1) is 6.92 Å². The van der Waals surface area contributed by atoms with Crippen LogP contribution in [0.1, 0.15) is 21.5 Å². The Morgan fingerprint density at radius 1 is 1.14 bits per heavy atom. The van der Waals surface area contributed by atoms with Gasteiger partial charge in [0.05, 0.1) is 10.0 Å². The minimum absolute atomic E-state index is 0.113. The largest absolute Gasteiger partial charge is 0.478 e. The van der Waals surface area contributed by atoms with Crippen LogP contribution in [-0.4, -0.2) is 17.0 Å². The van der Waals surface area contributed by atoms with Crippen molar-refractivity contribution in [2.45, 2.75) is 6.92 Å². The predicted octanol–water partition coefficient (Wildman–Crippen LogP) is 4.07. The number of rotatable bonds is 4. The minimum Gasteiger partial charge on any atom is -0.478 e. The van der Waals surface area contributed by atoms with Gasteiger partial charge < -0.3 is 9.84 Å². The molecule has 0 heterocycles. The summed E-state index contributed by atoms with van der Waals surface area (Å²) in [6, 6.07) is 11.9. The first-order valence-electron chi connectivity index (χ1n) is 6.45. The third-order valence-corrected chi connectivity index (χ3v) is 3.50. The molecule has 0 saturated heterocycles. The van der Waals surface area contributed by atoms with Crippen LogP contribution < -0.4 is 4.74 Å². The summed E-state index contributed by atoms with van der Waals surface area (Å²) >= 11 is 3.18. The van der Waals surface area contributed by atoms with Crippen LogP contribution in [0.25, 0.3) is 6.08 Å². The van der Waals surface area contributed by atoms with E-state index in [0.717, 1.165) is 11.1 Å². The monoisotopic (exact) mass is 360 g/mol. The van der Waals surface area contributed by atoms with Crippen molar-refractivity contribution < 1.29 is 19.4 Å². The topological polar surface area (TPSA) is 63.6 Å². The molecule has 0 aromatic heterocycles. The van der Waals surface area contributed by atoms with Gasteiger partial charge in [-0.1, -0.05) is 29.8 Å². The van der Waals surface area contributed by atoms with Crippen molar-refractivity contribution in [3.8, 4) is 5.75 Å². The summed E-state index contributed by atoms with van der Waals surface area (Å²) < 4.78 is 5.57. The maximum Gasteiger partial charge on any atom is 0.336 e. The summed E-state index contributed by atoms with van der Waals surface area (Å²) in [5.41, 5.74) is 2.15. The number of hydrogen-bond acceptors (Lipinski definition) is 3. The zero-order valence-corrected chi connectivity index (χ0v) is 13.3. The summed E-state index contributed by atoms with van der Waals surface area (Å²) in [7, 11) is 0. The lowest BCUT2D eigenvalue weighted by Gasteiger charge is -2.05. The Balaban J connectivity index is 2.05. The molecule has 5 heteroatoms. The molecular weight excluding hydrogens is 348 g/mol. The number of hydrogen-bond donors (Lipinski definition) is 1. The van der Waals surface area contributed by atoms with Gasteiger partial charge in [-0.3, -0.25) is 0 Å². The first-order valence-corrected chi connectivity index (χ1v) is 7.24. The fourth-order valence-corrected chi connectivity index (χ4v) is 2.16. The molecule has 0 amide bonds. The molecule has 0 spiro atoms. The van der Waals surface area contributed by atoms with Crippen LogP contribution in [0.5, 0.6) is 5.75 Å². The van der Waals surface area contributed by atoms with Crippen LogP contribution in [0.15, 0.2) is 53.0 Å². The molecule has 4 nitrogen and oxygen atoms in total. The Morgan fingerprint density at radius 3 is 2.41 bits per heavy atom. The molecule has 112 valence electrons. The average Bonchev–Trinajstić information content (AvgIpc) is 2.48. The Hall–Kier alpha value is -2.40. The van der Waals surface area contributed by atoms with Crippen LogP contribution in [0.2, 0.25) is 0 Å². The third-order valence-electron chi connectivity index (χ3n) is 2.88. The van der Waals surface area contributed by atoms with Gasteiger partial charge in [0.2, 0.25) is 0 Å². The first kappa shape index (κ1) is 16.0. The van der Waals surface area contributed by atoms with E-state index in [2.05, 4.69) is 15.9 Å². The highest BCUT2D eigenvalue weighted by molar-refractivity contribution is 9.10. The van der Waals surface area contributed by atoms with E-state index in [0.29, 0.717) is 4.47 Å². The number of ether oxygens (including phenoxy) is 1. The highest BCUT2D eigenvalue weighted by Crippen LogP contribution is 2.26. The second-order valence-corrected chi connectivity index (χ2v) is 5.47. The number of halogens is 1. The number of carbonyl (C=O) groups is 2. The molecule has 2 aromatic carbocycles. The number of aryl methyl sites for hydroxylation is 1. The van der Waals surface area contributed by atoms with E-state index in [9.17, 15) is 9.59 Å². The van der Waals surface area contributed by atoms with Crippen molar-refractivity contribution in [3.63, 3.8) is 0 Å². The molecule has 0 unspecified atom stereocenters. The highest BCUT2D eigenvalue weighted by Gasteiger charge is 2.09. The Labute approximate surface area is 136 Å². The third kappa shape index (κ3) is 4.30. The van der Waals surface area contributed by atoms with E-state index in [1.165, 1.54) is 24.3 Å². The zero-order valence-electron chi connectivity index (χ0n) is 11.7. The van der Waals surface area contributed by atoms with Gasteiger partial charge in [-0.05, 0) is 52.7 Å². The number of carbonyl (C=O) groups excluding carboxylic acids is 1. The van der Waals surface area contributed by atoms with Gasteiger partial charge in [0, 0.05) is 6.08 Å². The van der Waals surface area contributed by atoms with E-state index in [4.69, 9.17) is 9.84 Å². The van der Waals surface area contributed by atoms with Gasteiger partial charge in [0.15, 0.2) is 0 Å². The maximum absolute atomic E-state index is 11.8. The molecule has 0 radical (unpaired) electrons. The van der Waals surface area contributed by atoms with Gasteiger partial charge in [-0.25, -0.2) is 9.59 Å². The first-order chi connectivity index (χ1) is 10.5. The van der Waals surface area contributed by atoms with Crippen LogP contribution in [-0.2, 0) is 4.79 Å². The van der Waals surface area contributed by atoms with Crippen LogP contribution >= 0.6 is 15.9 Å². The molecule has 0 aliphatic heterocycles. The van der Waals surface area contributed by atoms with Gasteiger partial charge in [0.1, 0.15) is 5.75 Å². The maximum atomic E-state index is 11.8. The Morgan fingerprint density at radius 2 is 1.82 bits per heavy atom. The number of aromatic carboxylic acids is 1. The average molecular weight is 361 g/mol. The predicted molar refractivity (Wildman–Crippen MR) is 86.9 cm³/mol. The number of benzene rings is 2. The normalized spacial score (nSPS) is 10.6. The van der Waals surface area contributed by atoms with Gasteiger partial charge >= 0.3 is 11.9 Å². The summed E-state index contributed by atoms with van der Waals surface area (Å²) in [6.45, 7) is 1.99. The van der Waals surface area contributed by atoms with E-state index in [-0.39, 0.29) is 11.3 Å². The standard InChI is InChI=1S/C17H13BrO4/c1-11-2-4-12(5-3-11)6-9-16(19)22-15-8-7-13(17(20)21)10-14(15)18/h2-10H,1H3,(H,20,21)/b9-6+. The summed E-state index contributed by atoms with van der Waals surface area (Å²) in [5.74, 6) is -1.31. The molecule has 0 bridgehead atoms. The lowest BCUT2D eigenvalue weighted by atomic mass is 10.1. The van der Waals surface area contributed by atoms with E-state index in [1.54, 1.807) is 6.08 Å². The van der Waals surface area contributed by atoms with Crippen molar-refractivity contribution in [2.24, 2.45) is 0 Å². The van der Waals surface area contributed by atoms with Gasteiger partial charge in [-0.2, -0.15) is 0 Å². The summed E-state index contributed by atoms with van der Waals surface area (Å²) in [5, 5.41) is 8.87. The molecule has 0 aliphatic rings. The fourth-order valence-electron chi connectivity index (χ4n) is 1.70. The number of carboxylic acid groups (broad SMARTS) is 1. The molecule has 0 saturated carbocycles. The molecular formula is C17H13BrO4. The summed E-state index contributed by atoms with van der Waals surface area (Å²) in [4.78, 5) is 22.6. The van der Waals surface area contributed by atoms with Crippen molar-refractivity contribution >= 4 is 33.9 Å². The zero-order chi connectivity index (χ0) is 16.1. The number of esters is 1. The quantitative estimate of drug-likeness (QED) is 0.507. The molecule has 22 heavy (non-hydrogen) atoms. The fraction of sp³-hybridized carbons (Fsp3) is 0.0588. The molecule has 2 rings (SSSR count). The molecule has 2 aromatic rings. The van der Waals surface area contributed by atoms with E-state index < -0.39 is 11.9 Å². The molecule has 0 aliphatic carbocycles. The highest BCUT2D eigenvalue weighted by atomic mass is 79.9. The Kier molecular flexibility index (Phi) is 5.12. The SMILES string of the molecule is Cc1ccc(/C=C/C(=O)Oc2ccc(C(=O)O)cc2Br)cc1. The van der Waals surface area contributed by atoms with Crippen LogP contribution in [0.4, 0.5) is 0 Å². The van der Waals surface area contributed by atoms with Crippen molar-refractivity contribution in [3.05, 3.63) is 69.7 Å². The number of carboxylic acids is 1. The molecule has 0 fully saturated rings. The van der Waals surface area contributed by atoms with Crippen molar-refractivity contribution in [1.29, 1.82) is 0 Å². The van der Waals surface area contributed by atoms with Crippen molar-refractivity contribution in [2.75, 3.05) is 0 Å². The second-order valence-electron chi connectivity index (χ2n) is 4.62. The lowest BCUT2D eigenvalue weighted by molar-refractivity contribution is -0.128. The van der Waals surface area contributed by atoms with Crippen molar-refractivity contribution in [1.82, 2.24) is 0 Å². The van der Waals surface area contributed by atoms with Gasteiger partial charge in [0.25, 0.3) is 0 Å². The molecule has 0 atom stereocenters. The van der Waals surface area contributed by atoms with E-state index >= 15 is 0 Å². The summed E-state index contributed by atoms with van der Waals surface area (Å²) in [6.07, 6.45) is 2.98. The Bertz CT molecular complexity index is 733. The van der Waals surface area contributed by atoms with E-state index in [1.807, 2.05) is 31.2 Å². The second kappa shape index (κ2) is 7.04. The lowest BCUT2D eigenvalue weighted by Crippen LogP contribution is -2.05.